The Morgan fingerprint density at radius 3 is 2.63 bits per heavy atom. The lowest BCUT2D eigenvalue weighted by molar-refractivity contribution is 0.627. The van der Waals surface area contributed by atoms with Crippen molar-refractivity contribution in [3.8, 4) is 0 Å². The maximum atomic E-state index is 13.1. The van der Waals surface area contributed by atoms with Gasteiger partial charge < -0.3 is 5.32 Å². The molecule has 1 nitrogen and oxygen atoms in total. The van der Waals surface area contributed by atoms with Gasteiger partial charge in [-0.3, -0.25) is 0 Å². The fourth-order valence-electron chi connectivity index (χ4n) is 2.00. The summed E-state index contributed by atoms with van der Waals surface area (Å²) >= 11 is 3.41. The molecule has 0 amide bonds. The maximum Gasteiger partial charge on any atom is 0.125 e. The zero-order valence-electron chi connectivity index (χ0n) is 10.9. The first-order valence-corrected chi connectivity index (χ1v) is 7.20. The van der Waals surface area contributed by atoms with Crippen molar-refractivity contribution in [2.45, 2.75) is 19.3 Å². The van der Waals surface area contributed by atoms with Crippen molar-refractivity contribution in [3.63, 3.8) is 0 Å². The molecule has 0 aliphatic rings. The minimum absolute atomic E-state index is 0.221. The smallest absolute Gasteiger partial charge is 0.125 e. The van der Waals surface area contributed by atoms with Gasteiger partial charge in [-0.2, -0.15) is 0 Å². The van der Waals surface area contributed by atoms with Crippen molar-refractivity contribution in [3.05, 3.63) is 64.4 Å². The number of rotatable bonds is 5. The van der Waals surface area contributed by atoms with Gasteiger partial charge in [-0.1, -0.05) is 37.3 Å². The largest absolute Gasteiger partial charge is 0.384 e. The molecule has 0 aliphatic carbocycles. The van der Waals surface area contributed by atoms with Crippen LogP contribution in [0.2, 0.25) is 0 Å². The summed E-state index contributed by atoms with van der Waals surface area (Å²) in [5.41, 5.74) is 2.14. The van der Waals surface area contributed by atoms with Crippen LogP contribution in [-0.4, -0.2) is 6.54 Å². The van der Waals surface area contributed by atoms with Crippen LogP contribution in [-0.2, 0) is 0 Å². The molecule has 19 heavy (non-hydrogen) atoms. The predicted molar refractivity (Wildman–Crippen MR) is 82.1 cm³/mol. The topological polar surface area (TPSA) is 12.0 Å². The van der Waals surface area contributed by atoms with Crippen LogP contribution in [0.4, 0.5) is 10.1 Å². The van der Waals surface area contributed by atoms with E-state index in [-0.39, 0.29) is 5.82 Å². The van der Waals surface area contributed by atoms with Crippen LogP contribution >= 0.6 is 15.9 Å². The standard InChI is InChI=1S/C16H17BrFN/c1-12(13-5-3-2-4-6-13)9-10-19-16-11-14(18)7-8-15(16)17/h2-8,11-12,19H,9-10H2,1H3. The van der Waals surface area contributed by atoms with E-state index < -0.39 is 0 Å². The number of halogens is 2. The third kappa shape index (κ3) is 4.06. The van der Waals surface area contributed by atoms with Crippen LogP contribution in [0.25, 0.3) is 0 Å². The zero-order valence-corrected chi connectivity index (χ0v) is 12.5. The summed E-state index contributed by atoms with van der Waals surface area (Å²) in [6, 6.07) is 15.1. The Morgan fingerprint density at radius 2 is 1.89 bits per heavy atom. The lowest BCUT2D eigenvalue weighted by Gasteiger charge is -2.14. The molecule has 0 heterocycles. The van der Waals surface area contributed by atoms with Gasteiger partial charge in [-0.15, -0.1) is 0 Å². The van der Waals surface area contributed by atoms with Gasteiger partial charge in [0.15, 0.2) is 0 Å². The van der Waals surface area contributed by atoms with Crippen LogP contribution in [0.3, 0.4) is 0 Å². The van der Waals surface area contributed by atoms with Gasteiger partial charge in [0.05, 0.1) is 5.69 Å². The Hall–Kier alpha value is -1.35. The fraction of sp³-hybridized carbons (Fsp3) is 0.250. The van der Waals surface area contributed by atoms with Crippen molar-refractivity contribution < 1.29 is 4.39 Å². The second-order valence-electron chi connectivity index (χ2n) is 4.65. The summed E-state index contributed by atoms with van der Waals surface area (Å²) in [6.45, 7) is 3.02. The van der Waals surface area contributed by atoms with Crippen molar-refractivity contribution >= 4 is 21.6 Å². The molecule has 1 atom stereocenters. The normalized spacial score (nSPS) is 12.2. The first kappa shape index (κ1) is 14.1. The minimum Gasteiger partial charge on any atom is -0.384 e. The summed E-state index contributed by atoms with van der Waals surface area (Å²) < 4.78 is 14.0. The van der Waals surface area contributed by atoms with Crippen LogP contribution in [0.5, 0.6) is 0 Å². The highest BCUT2D eigenvalue weighted by Crippen LogP contribution is 2.24. The number of hydrogen-bond donors (Lipinski definition) is 1. The molecular formula is C16H17BrFN. The lowest BCUT2D eigenvalue weighted by Crippen LogP contribution is -2.06. The summed E-state index contributed by atoms with van der Waals surface area (Å²) in [4.78, 5) is 0. The second kappa shape index (κ2) is 6.71. The van der Waals surface area contributed by atoms with E-state index in [2.05, 4.69) is 52.4 Å². The van der Waals surface area contributed by atoms with Gasteiger partial charge in [-0.25, -0.2) is 4.39 Å². The van der Waals surface area contributed by atoms with E-state index in [4.69, 9.17) is 0 Å². The summed E-state index contributed by atoms with van der Waals surface area (Å²) in [6.07, 6.45) is 1.01. The van der Waals surface area contributed by atoms with Crippen molar-refractivity contribution in [2.75, 3.05) is 11.9 Å². The second-order valence-corrected chi connectivity index (χ2v) is 5.51. The summed E-state index contributed by atoms with van der Waals surface area (Å²) in [7, 11) is 0. The minimum atomic E-state index is -0.221. The first-order valence-electron chi connectivity index (χ1n) is 6.40. The Balaban J connectivity index is 1.88. The summed E-state index contributed by atoms with van der Waals surface area (Å²) in [5, 5.41) is 3.27. The Bertz CT molecular complexity index is 528. The van der Waals surface area contributed by atoms with Crippen LogP contribution in [0.1, 0.15) is 24.8 Å². The van der Waals surface area contributed by atoms with E-state index in [0.29, 0.717) is 5.92 Å². The third-order valence-electron chi connectivity index (χ3n) is 3.19. The third-order valence-corrected chi connectivity index (χ3v) is 3.88. The average Bonchev–Trinajstić information content (AvgIpc) is 2.43. The van der Waals surface area contributed by atoms with E-state index in [1.54, 1.807) is 6.07 Å². The van der Waals surface area contributed by atoms with Crippen LogP contribution < -0.4 is 5.32 Å². The molecule has 0 bridgehead atoms. The molecule has 0 saturated heterocycles. The Morgan fingerprint density at radius 1 is 1.16 bits per heavy atom. The molecule has 2 rings (SSSR count). The van der Waals surface area contributed by atoms with E-state index in [0.717, 1.165) is 23.1 Å². The molecule has 2 aromatic rings. The molecule has 2 aromatic carbocycles. The highest BCUT2D eigenvalue weighted by molar-refractivity contribution is 9.10. The molecule has 1 unspecified atom stereocenters. The van der Waals surface area contributed by atoms with E-state index >= 15 is 0 Å². The Kier molecular flexibility index (Phi) is 4.97. The zero-order chi connectivity index (χ0) is 13.7. The average molecular weight is 322 g/mol. The van der Waals surface area contributed by atoms with Gasteiger partial charge >= 0.3 is 0 Å². The molecule has 0 fully saturated rings. The number of nitrogens with one attached hydrogen (secondary N) is 1. The van der Waals surface area contributed by atoms with Gasteiger partial charge in [-0.05, 0) is 52.0 Å². The molecular weight excluding hydrogens is 305 g/mol. The van der Waals surface area contributed by atoms with Gasteiger partial charge in [0, 0.05) is 11.0 Å². The van der Waals surface area contributed by atoms with Gasteiger partial charge in [0.1, 0.15) is 5.82 Å². The quantitative estimate of drug-likeness (QED) is 0.798. The van der Waals surface area contributed by atoms with Gasteiger partial charge in [0.25, 0.3) is 0 Å². The first-order chi connectivity index (χ1) is 9.16. The highest BCUT2D eigenvalue weighted by atomic mass is 79.9. The van der Waals surface area contributed by atoms with Gasteiger partial charge in [0.2, 0.25) is 0 Å². The molecule has 0 saturated carbocycles. The fourth-order valence-corrected chi connectivity index (χ4v) is 2.39. The molecule has 1 N–H and O–H groups in total. The lowest BCUT2D eigenvalue weighted by atomic mass is 9.98. The van der Waals surface area contributed by atoms with Crippen molar-refractivity contribution in [1.29, 1.82) is 0 Å². The number of benzene rings is 2. The number of hydrogen-bond acceptors (Lipinski definition) is 1. The molecule has 0 aliphatic heterocycles. The SMILES string of the molecule is CC(CCNc1cc(F)ccc1Br)c1ccccc1. The van der Waals surface area contributed by atoms with Crippen LogP contribution in [0, 0.1) is 5.82 Å². The molecule has 0 spiro atoms. The molecule has 0 aromatic heterocycles. The molecule has 0 radical (unpaired) electrons. The van der Waals surface area contributed by atoms with E-state index in [9.17, 15) is 4.39 Å². The maximum absolute atomic E-state index is 13.1. The highest BCUT2D eigenvalue weighted by Gasteiger charge is 2.05. The summed E-state index contributed by atoms with van der Waals surface area (Å²) in [5.74, 6) is 0.267. The monoisotopic (exact) mass is 321 g/mol. The number of anilines is 1. The Labute approximate surface area is 122 Å². The molecule has 100 valence electrons. The van der Waals surface area contributed by atoms with Crippen molar-refractivity contribution in [1.82, 2.24) is 0 Å². The predicted octanol–water partition coefficient (Wildman–Crippen LogP) is 5.19. The molecule has 3 heteroatoms. The van der Waals surface area contributed by atoms with Crippen LogP contribution in [0.15, 0.2) is 53.0 Å². The van der Waals surface area contributed by atoms with E-state index in [1.807, 2.05) is 6.07 Å². The van der Waals surface area contributed by atoms with Crippen molar-refractivity contribution in [2.24, 2.45) is 0 Å². The van der Waals surface area contributed by atoms with E-state index in [1.165, 1.54) is 17.7 Å².